The third-order valence-electron chi connectivity index (χ3n) is 1.76. The average Bonchev–Trinajstić information content (AvgIpc) is 2.21. The Bertz CT molecular complexity index is 544. The van der Waals surface area contributed by atoms with Gasteiger partial charge in [-0.2, -0.15) is 15.0 Å². The molecule has 17 heavy (non-hydrogen) atoms. The minimum Gasteiger partial charge on any atom is -0.323 e. The fourth-order valence-electron chi connectivity index (χ4n) is 1.09. The summed E-state index contributed by atoms with van der Waals surface area (Å²) in [6.07, 6.45) is 0. The van der Waals surface area contributed by atoms with E-state index in [4.69, 9.17) is 34.8 Å². The number of nitrogens with one attached hydrogen (secondary N) is 1. The Morgan fingerprint density at radius 1 is 1.00 bits per heavy atom. The lowest BCUT2D eigenvalue weighted by atomic mass is 10.3. The van der Waals surface area contributed by atoms with Crippen molar-refractivity contribution in [3.05, 3.63) is 38.3 Å². The van der Waals surface area contributed by atoms with Crippen molar-refractivity contribution in [3.8, 4) is 0 Å². The first kappa shape index (κ1) is 12.8. The fourth-order valence-corrected chi connectivity index (χ4v) is 2.24. The molecule has 0 amide bonds. The van der Waals surface area contributed by atoms with E-state index in [9.17, 15) is 0 Å². The van der Waals surface area contributed by atoms with Gasteiger partial charge >= 0.3 is 0 Å². The first-order valence-electron chi connectivity index (χ1n) is 4.34. The molecule has 1 aromatic carbocycles. The summed E-state index contributed by atoms with van der Waals surface area (Å²) in [6, 6.07) is 5.26. The van der Waals surface area contributed by atoms with Crippen molar-refractivity contribution in [2.45, 2.75) is 0 Å². The van der Waals surface area contributed by atoms with Crippen LogP contribution in [0.15, 0.2) is 22.7 Å². The van der Waals surface area contributed by atoms with Crippen LogP contribution in [-0.4, -0.2) is 15.0 Å². The standard InChI is InChI=1S/C9H4BrCl3N4/c10-5-3-4(11)1-2-6(5)14-9-16-7(12)15-8(13)17-9/h1-3H,(H,14,15,16,17). The molecule has 0 aliphatic rings. The zero-order valence-corrected chi connectivity index (χ0v) is 11.9. The number of benzene rings is 1. The summed E-state index contributed by atoms with van der Waals surface area (Å²) in [5.74, 6) is 0.262. The van der Waals surface area contributed by atoms with E-state index in [0.717, 1.165) is 10.2 Å². The third kappa shape index (κ3) is 3.42. The smallest absolute Gasteiger partial charge is 0.232 e. The Balaban J connectivity index is 2.31. The molecular formula is C9H4BrCl3N4. The van der Waals surface area contributed by atoms with E-state index in [1.807, 2.05) is 0 Å². The molecular weight excluding hydrogens is 350 g/mol. The molecule has 8 heteroatoms. The van der Waals surface area contributed by atoms with Crippen LogP contribution >= 0.6 is 50.7 Å². The Morgan fingerprint density at radius 2 is 1.65 bits per heavy atom. The number of aromatic nitrogens is 3. The highest BCUT2D eigenvalue weighted by atomic mass is 79.9. The Morgan fingerprint density at radius 3 is 2.24 bits per heavy atom. The number of nitrogens with zero attached hydrogens (tertiary/aromatic N) is 3. The Labute approximate surface area is 120 Å². The van der Waals surface area contributed by atoms with Crippen molar-refractivity contribution in [2.24, 2.45) is 0 Å². The van der Waals surface area contributed by atoms with Crippen molar-refractivity contribution < 1.29 is 0 Å². The van der Waals surface area contributed by atoms with E-state index in [1.165, 1.54) is 0 Å². The minimum absolute atomic E-state index is 0.0255. The molecule has 0 aliphatic heterocycles. The Hall–Kier alpha value is -0.620. The second-order valence-electron chi connectivity index (χ2n) is 2.95. The minimum atomic E-state index is 0.0255. The number of rotatable bonds is 2. The molecule has 0 fully saturated rings. The summed E-state index contributed by atoms with van der Waals surface area (Å²) in [6.45, 7) is 0. The quantitative estimate of drug-likeness (QED) is 0.872. The topological polar surface area (TPSA) is 50.7 Å². The van der Waals surface area contributed by atoms with Gasteiger partial charge in [-0.3, -0.25) is 0 Å². The molecule has 0 saturated heterocycles. The molecule has 0 atom stereocenters. The van der Waals surface area contributed by atoms with Crippen LogP contribution in [0.2, 0.25) is 15.6 Å². The van der Waals surface area contributed by atoms with E-state index in [0.29, 0.717) is 5.02 Å². The van der Waals surface area contributed by atoms with Gasteiger partial charge in [-0.25, -0.2) is 0 Å². The van der Waals surface area contributed by atoms with Crippen molar-refractivity contribution in [1.29, 1.82) is 0 Å². The molecule has 2 rings (SSSR count). The molecule has 0 radical (unpaired) electrons. The lowest BCUT2D eigenvalue weighted by Gasteiger charge is -2.07. The number of hydrogen-bond acceptors (Lipinski definition) is 4. The third-order valence-corrected chi connectivity index (χ3v) is 2.99. The predicted octanol–water partition coefficient (Wildman–Crippen LogP) is 4.34. The van der Waals surface area contributed by atoms with Crippen LogP contribution in [0, 0.1) is 0 Å². The monoisotopic (exact) mass is 352 g/mol. The van der Waals surface area contributed by atoms with Crippen LogP contribution in [0.5, 0.6) is 0 Å². The van der Waals surface area contributed by atoms with Crippen LogP contribution in [0.4, 0.5) is 11.6 Å². The van der Waals surface area contributed by atoms with Gasteiger partial charge in [0.15, 0.2) is 0 Å². The summed E-state index contributed by atoms with van der Waals surface area (Å²) >= 11 is 20.5. The summed E-state index contributed by atoms with van der Waals surface area (Å²) in [4.78, 5) is 11.4. The summed E-state index contributed by atoms with van der Waals surface area (Å²) in [5, 5.41) is 3.62. The van der Waals surface area contributed by atoms with Crippen LogP contribution in [0.3, 0.4) is 0 Å². The van der Waals surface area contributed by atoms with Gasteiger partial charge in [-0.15, -0.1) is 0 Å². The SMILES string of the molecule is Clc1ccc(Nc2nc(Cl)nc(Cl)n2)c(Br)c1. The van der Waals surface area contributed by atoms with Gasteiger partial charge in [0.25, 0.3) is 0 Å². The van der Waals surface area contributed by atoms with Gasteiger partial charge in [0.1, 0.15) is 0 Å². The summed E-state index contributed by atoms with van der Waals surface area (Å²) in [7, 11) is 0. The van der Waals surface area contributed by atoms with E-state index >= 15 is 0 Å². The van der Waals surface area contributed by atoms with Crippen molar-refractivity contribution in [1.82, 2.24) is 15.0 Å². The van der Waals surface area contributed by atoms with Crippen molar-refractivity contribution >= 4 is 62.4 Å². The first-order valence-corrected chi connectivity index (χ1v) is 6.26. The molecule has 0 spiro atoms. The molecule has 1 heterocycles. The largest absolute Gasteiger partial charge is 0.323 e. The normalized spacial score (nSPS) is 10.4. The van der Waals surface area contributed by atoms with Crippen molar-refractivity contribution in [2.75, 3.05) is 5.32 Å². The lowest BCUT2D eigenvalue weighted by molar-refractivity contribution is 1.05. The summed E-state index contributed by atoms with van der Waals surface area (Å²) in [5.41, 5.74) is 0.743. The maximum absolute atomic E-state index is 5.83. The molecule has 0 aliphatic carbocycles. The van der Waals surface area contributed by atoms with Gasteiger partial charge < -0.3 is 5.32 Å². The van der Waals surface area contributed by atoms with Crippen LogP contribution < -0.4 is 5.32 Å². The van der Waals surface area contributed by atoms with Crippen LogP contribution in [0.1, 0.15) is 0 Å². The van der Waals surface area contributed by atoms with Gasteiger partial charge in [-0.05, 0) is 57.3 Å². The maximum Gasteiger partial charge on any atom is 0.232 e. The first-order chi connectivity index (χ1) is 8.04. The molecule has 0 bridgehead atoms. The van der Waals surface area contributed by atoms with Crippen molar-refractivity contribution in [3.63, 3.8) is 0 Å². The molecule has 2 aromatic rings. The van der Waals surface area contributed by atoms with Gasteiger partial charge in [0.2, 0.25) is 16.5 Å². The van der Waals surface area contributed by atoms with Crippen LogP contribution in [-0.2, 0) is 0 Å². The highest BCUT2D eigenvalue weighted by Gasteiger charge is 2.06. The van der Waals surface area contributed by atoms with Gasteiger partial charge in [0, 0.05) is 9.50 Å². The zero-order valence-electron chi connectivity index (χ0n) is 8.09. The molecule has 0 unspecified atom stereocenters. The lowest BCUT2D eigenvalue weighted by Crippen LogP contribution is -1.99. The van der Waals surface area contributed by atoms with E-state index in [1.54, 1.807) is 18.2 Å². The maximum atomic E-state index is 5.83. The average molecular weight is 354 g/mol. The summed E-state index contributed by atoms with van der Waals surface area (Å²) < 4.78 is 0.776. The van der Waals surface area contributed by atoms with Gasteiger partial charge in [-0.1, -0.05) is 11.6 Å². The fraction of sp³-hybridized carbons (Fsp3) is 0. The van der Waals surface area contributed by atoms with E-state index < -0.39 is 0 Å². The number of anilines is 2. The second-order valence-corrected chi connectivity index (χ2v) is 4.91. The predicted molar refractivity (Wildman–Crippen MR) is 72.3 cm³/mol. The molecule has 1 aromatic heterocycles. The van der Waals surface area contributed by atoms with Crippen LogP contribution in [0.25, 0.3) is 0 Å². The molecule has 0 saturated carbocycles. The Kier molecular flexibility index (Phi) is 4.04. The molecule has 88 valence electrons. The second kappa shape index (κ2) is 5.35. The van der Waals surface area contributed by atoms with E-state index in [2.05, 4.69) is 36.2 Å². The highest BCUT2D eigenvalue weighted by molar-refractivity contribution is 9.10. The van der Waals surface area contributed by atoms with E-state index in [-0.39, 0.29) is 16.5 Å². The molecule has 1 N–H and O–H groups in total. The molecule has 4 nitrogen and oxygen atoms in total. The number of halogens is 4. The zero-order chi connectivity index (χ0) is 12.4. The van der Waals surface area contributed by atoms with Gasteiger partial charge in [0.05, 0.1) is 5.69 Å². The highest BCUT2D eigenvalue weighted by Crippen LogP contribution is 2.27. The number of hydrogen-bond donors (Lipinski definition) is 1.